The number of hydrogen-bond donors (Lipinski definition) is 1. The quantitative estimate of drug-likeness (QED) is 0.202. The number of aliphatic hydroxyl groups excluding tert-OH is 1. The number of aliphatic hydroxyl groups is 1. The van der Waals surface area contributed by atoms with Crippen LogP contribution in [0.15, 0.2) is 84.9 Å². The topological polar surface area (TPSA) is 55.8 Å². The number of ketones is 1. The first-order chi connectivity index (χ1) is 18.4. The maximum atomic E-state index is 14.0. The third-order valence-corrected chi connectivity index (χ3v) is 7.49. The minimum absolute atomic E-state index is 0.0688. The minimum Gasteiger partial charge on any atom is -0.491 e. The van der Waals surface area contributed by atoms with Gasteiger partial charge in [0.15, 0.2) is 0 Å². The van der Waals surface area contributed by atoms with Gasteiger partial charge in [-0.15, -0.1) is 11.3 Å². The van der Waals surface area contributed by atoms with Gasteiger partial charge in [-0.2, -0.15) is 0 Å². The van der Waals surface area contributed by atoms with E-state index in [4.69, 9.17) is 14.6 Å². The number of aryl methyl sites for hydroxylation is 2. The Kier molecular flexibility index (Phi) is 7.54. The van der Waals surface area contributed by atoms with Gasteiger partial charge in [0.1, 0.15) is 30.5 Å². The molecule has 4 aromatic carbocycles. The van der Waals surface area contributed by atoms with Crippen molar-refractivity contribution in [3.05, 3.63) is 118 Å². The predicted octanol–water partition coefficient (Wildman–Crippen LogP) is 7.51. The van der Waals surface area contributed by atoms with Crippen molar-refractivity contribution in [1.82, 2.24) is 0 Å². The van der Waals surface area contributed by atoms with Gasteiger partial charge in [0, 0.05) is 21.2 Å². The Bertz CT molecular complexity index is 1570. The number of ether oxygens (including phenoxy) is 2. The van der Waals surface area contributed by atoms with Crippen LogP contribution >= 0.6 is 11.3 Å². The lowest BCUT2D eigenvalue weighted by molar-refractivity contribution is 0.104. The molecular weight excluding hydrogens is 499 g/mol. The summed E-state index contributed by atoms with van der Waals surface area (Å²) in [4.78, 5) is 14.6. The van der Waals surface area contributed by atoms with Gasteiger partial charge in [0.25, 0.3) is 0 Å². The second-order valence-electron chi connectivity index (χ2n) is 9.08. The molecule has 192 valence electrons. The van der Waals surface area contributed by atoms with Crippen LogP contribution in [0.3, 0.4) is 0 Å². The summed E-state index contributed by atoms with van der Waals surface area (Å²) >= 11 is 1.41. The molecule has 38 heavy (non-hydrogen) atoms. The fraction of sp³-hybridized carbons (Fsp3) is 0.156. The molecule has 0 spiro atoms. The van der Waals surface area contributed by atoms with Crippen molar-refractivity contribution in [2.75, 3.05) is 13.2 Å². The number of hydrogen-bond acceptors (Lipinski definition) is 5. The molecule has 0 aliphatic heterocycles. The third-order valence-electron chi connectivity index (χ3n) is 6.34. The molecule has 1 heterocycles. The molecule has 0 bridgehead atoms. The van der Waals surface area contributed by atoms with Gasteiger partial charge in [0.05, 0.1) is 11.5 Å². The van der Waals surface area contributed by atoms with Gasteiger partial charge < -0.3 is 14.6 Å². The van der Waals surface area contributed by atoms with E-state index in [0.29, 0.717) is 33.9 Å². The van der Waals surface area contributed by atoms with Crippen molar-refractivity contribution in [2.45, 2.75) is 20.5 Å². The maximum Gasteiger partial charge on any atom is 0.204 e. The van der Waals surface area contributed by atoms with Gasteiger partial charge in [-0.3, -0.25) is 4.79 Å². The summed E-state index contributed by atoms with van der Waals surface area (Å²) < 4.78 is 26.5. The first-order valence-corrected chi connectivity index (χ1v) is 13.1. The Morgan fingerprint density at radius 1 is 0.868 bits per heavy atom. The zero-order valence-corrected chi connectivity index (χ0v) is 22.0. The van der Waals surface area contributed by atoms with Crippen molar-refractivity contribution in [1.29, 1.82) is 0 Å². The molecule has 0 aliphatic rings. The average molecular weight is 527 g/mol. The summed E-state index contributed by atoms with van der Waals surface area (Å²) in [5, 5.41) is 9.99. The van der Waals surface area contributed by atoms with Gasteiger partial charge in [-0.05, 0) is 78.6 Å². The zero-order chi connectivity index (χ0) is 26.6. The van der Waals surface area contributed by atoms with Crippen molar-refractivity contribution in [3.8, 4) is 22.6 Å². The number of rotatable bonds is 9. The largest absolute Gasteiger partial charge is 0.491 e. The second kappa shape index (κ2) is 11.2. The van der Waals surface area contributed by atoms with E-state index in [1.165, 1.54) is 23.5 Å². The number of carbonyl (C=O) groups excluding carboxylic acids is 1. The first-order valence-electron chi connectivity index (χ1n) is 12.3. The molecule has 0 atom stereocenters. The average Bonchev–Trinajstić information content (AvgIpc) is 3.30. The van der Waals surface area contributed by atoms with Crippen LogP contribution in [0, 0.1) is 19.7 Å². The van der Waals surface area contributed by atoms with Crippen molar-refractivity contribution < 1.29 is 23.8 Å². The van der Waals surface area contributed by atoms with E-state index >= 15 is 0 Å². The minimum atomic E-state index is -0.355. The number of thiophene rings is 1. The molecule has 0 aliphatic carbocycles. The summed E-state index contributed by atoms with van der Waals surface area (Å²) in [7, 11) is 0. The second-order valence-corrected chi connectivity index (χ2v) is 10.1. The lowest BCUT2D eigenvalue weighted by Gasteiger charge is -2.11. The fourth-order valence-corrected chi connectivity index (χ4v) is 5.82. The van der Waals surface area contributed by atoms with Crippen molar-refractivity contribution in [2.24, 2.45) is 0 Å². The molecule has 5 rings (SSSR count). The van der Waals surface area contributed by atoms with Gasteiger partial charge in [-0.1, -0.05) is 42.5 Å². The molecule has 4 nitrogen and oxygen atoms in total. The first kappa shape index (κ1) is 25.6. The molecule has 1 aromatic heterocycles. The summed E-state index contributed by atoms with van der Waals surface area (Å²) in [6.07, 6.45) is 0. The number of benzene rings is 4. The Balaban J connectivity index is 1.59. The number of fused-ring (bicyclic) bond motifs is 1. The van der Waals surface area contributed by atoms with E-state index in [1.807, 2.05) is 72.8 Å². The molecule has 0 radical (unpaired) electrons. The lowest BCUT2D eigenvalue weighted by atomic mass is 9.94. The summed E-state index contributed by atoms with van der Waals surface area (Å²) in [6.45, 7) is 4.11. The summed E-state index contributed by atoms with van der Waals surface area (Å²) in [5.41, 5.74) is 4.49. The highest BCUT2D eigenvalue weighted by Crippen LogP contribution is 2.42. The van der Waals surface area contributed by atoms with Crippen LogP contribution < -0.4 is 9.47 Å². The molecule has 0 fully saturated rings. The molecule has 0 saturated carbocycles. The van der Waals surface area contributed by atoms with Crippen LogP contribution in [0.5, 0.6) is 11.5 Å². The van der Waals surface area contributed by atoms with E-state index < -0.39 is 0 Å². The maximum absolute atomic E-state index is 14.0. The molecule has 0 unspecified atom stereocenters. The van der Waals surface area contributed by atoms with E-state index in [9.17, 15) is 9.18 Å². The highest BCUT2D eigenvalue weighted by molar-refractivity contribution is 7.21. The van der Waals surface area contributed by atoms with Gasteiger partial charge in [-0.25, -0.2) is 4.39 Å². The van der Waals surface area contributed by atoms with Crippen LogP contribution in [0.2, 0.25) is 0 Å². The van der Waals surface area contributed by atoms with Gasteiger partial charge in [0.2, 0.25) is 5.78 Å². The lowest BCUT2D eigenvalue weighted by Crippen LogP contribution is -2.06. The molecular formula is C32H27FO4S. The smallest absolute Gasteiger partial charge is 0.204 e. The molecule has 1 N–H and O–H groups in total. The standard InChI is InChI=1S/C32H27FO4S/c1-20-16-24(33)17-21(2)29(20)31(35)32-30(23-8-10-25(11-9-23)36-15-14-34)27-13-12-26(18-28(27)38-32)37-19-22-6-4-3-5-7-22/h3-13,16-18,34H,14-15,19H2,1-2H3. The van der Waals surface area contributed by atoms with Crippen LogP contribution in [0.25, 0.3) is 21.2 Å². The summed E-state index contributed by atoms with van der Waals surface area (Å²) in [6, 6.07) is 26.1. The van der Waals surface area contributed by atoms with Crippen molar-refractivity contribution in [3.63, 3.8) is 0 Å². The monoisotopic (exact) mass is 526 g/mol. The summed E-state index contributed by atoms with van der Waals surface area (Å²) in [5.74, 6) is 0.863. The highest BCUT2D eigenvalue weighted by atomic mass is 32.1. The molecule has 5 aromatic rings. The van der Waals surface area contributed by atoms with Gasteiger partial charge >= 0.3 is 0 Å². The van der Waals surface area contributed by atoms with Crippen LogP contribution in [-0.4, -0.2) is 24.1 Å². The van der Waals surface area contributed by atoms with E-state index in [0.717, 1.165) is 32.5 Å². The van der Waals surface area contributed by atoms with E-state index in [2.05, 4.69) is 0 Å². The zero-order valence-electron chi connectivity index (χ0n) is 21.2. The fourth-order valence-electron chi connectivity index (χ4n) is 4.62. The highest BCUT2D eigenvalue weighted by Gasteiger charge is 2.24. The van der Waals surface area contributed by atoms with Crippen LogP contribution in [0.4, 0.5) is 4.39 Å². The molecule has 0 saturated heterocycles. The molecule has 6 heteroatoms. The third kappa shape index (κ3) is 5.32. The Morgan fingerprint density at radius 2 is 1.55 bits per heavy atom. The number of carbonyl (C=O) groups is 1. The van der Waals surface area contributed by atoms with Crippen LogP contribution in [0.1, 0.15) is 31.9 Å². The Hall–Kier alpha value is -4.00. The predicted molar refractivity (Wildman–Crippen MR) is 150 cm³/mol. The van der Waals surface area contributed by atoms with E-state index in [1.54, 1.807) is 13.8 Å². The SMILES string of the molecule is Cc1cc(F)cc(C)c1C(=O)c1sc2cc(OCc3ccccc3)ccc2c1-c1ccc(OCCO)cc1. The van der Waals surface area contributed by atoms with Crippen LogP contribution in [-0.2, 0) is 6.61 Å². The van der Waals surface area contributed by atoms with E-state index in [-0.39, 0.29) is 24.8 Å². The Morgan fingerprint density at radius 3 is 2.24 bits per heavy atom. The number of halogens is 1. The normalized spacial score (nSPS) is 11.1. The Labute approximate surface area is 224 Å². The molecule has 0 amide bonds. The van der Waals surface area contributed by atoms with Crippen molar-refractivity contribution >= 4 is 27.2 Å².